The molecule has 0 spiro atoms. The van der Waals surface area contributed by atoms with Crippen LogP contribution in [-0.2, 0) is 11.5 Å². The van der Waals surface area contributed by atoms with E-state index in [1.54, 1.807) is 13.8 Å². The van der Waals surface area contributed by atoms with Gasteiger partial charge >= 0.3 is 5.97 Å². The van der Waals surface area contributed by atoms with Gasteiger partial charge in [-0.05, 0) is 13.8 Å². The van der Waals surface area contributed by atoms with Gasteiger partial charge in [0.05, 0.1) is 10.6 Å². The molecule has 13 heavy (non-hydrogen) atoms. The van der Waals surface area contributed by atoms with Gasteiger partial charge in [0.15, 0.2) is 0 Å². The Bertz CT molecular complexity index is 324. The van der Waals surface area contributed by atoms with E-state index in [9.17, 15) is 9.18 Å². The molecule has 1 unspecified atom stereocenters. The summed E-state index contributed by atoms with van der Waals surface area (Å²) in [4.78, 5) is 15.1. The highest BCUT2D eigenvalue weighted by atomic mass is 32.1. The number of nitrogens with zero attached hydrogens (tertiary/aromatic N) is 1. The topological polar surface area (TPSA) is 50.2 Å². The number of aryl methyl sites for hydroxylation is 1. The van der Waals surface area contributed by atoms with Crippen LogP contribution in [0.15, 0.2) is 0 Å². The zero-order valence-corrected chi connectivity index (χ0v) is 8.19. The molecule has 0 aromatic carbocycles. The number of alkyl halides is 1. The van der Waals surface area contributed by atoms with Gasteiger partial charge in [-0.2, -0.15) is 0 Å². The molecule has 0 bridgehead atoms. The molecule has 72 valence electrons. The molecule has 0 radical (unpaired) electrons. The fourth-order valence-electron chi connectivity index (χ4n) is 0.865. The summed E-state index contributed by atoms with van der Waals surface area (Å²) in [7, 11) is 0. The summed E-state index contributed by atoms with van der Waals surface area (Å²) in [6, 6.07) is 0. The summed E-state index contributed by atoms with van der Waals surface area (Å²) in [5.41, 5.74) is 0.593. The second-order valence-electron chi connectivity index (χ2n) is 2.75. The molecule has 1 aromatic heterocycles. The molecule has 1 heterocycles. The predicted octanol–water partition coefficient (Wildman–Crippen LogP) is 2.11. The normalized spacial score (nSPS) is 12.8. The molecule has 0 fully saturated rings. The van der Waals surface area contributed by atoms with Crippen LogP contribution in [0.1, 0.15) is 28.4 Å². The first-order chi connectivity index (χ1) is 6.06. The Morgan fingerprint density at radius 2 is 2.38 bits per heavy atom. The Hall–Kier alpha value is -0.970. The molecule has 3 nitrogen and oxygen atoms in total. The Kier molecular flexibility index (Phi) is 2.98. The number of halogens is 1. The second kappa shape index (κ2) is 3.83. The maximum absolute atomic E-state index is 12.3. The summed E-state index contributed by atoms with van der Waals surface area (Å²) in [5, 5.41) is 9.15. The molecule has 0 saturated heterocycles. The van der Waals surface area contributed by atoms with Crippen molar-refractivity contribution < 1.29 is 14.3 Å². The van der Waals surface area contributed by atoms with E-state index in [2.05, 4.69) is 4.98 Å². The van der Waals surface area contributed by atoms with Crippen molar-refractivity contribution in [3.05, 3.63) is 15.6 Å². The molecule has 0 aliphatic carbocycles. The predicted molar refractivity (Wildman–Crippen MR) is 47.7 cm³/mol. The van der Waals surface area contributed by atoms with Gasteiger partial charge in [0, 0.05) is 0 Å². The molecular weight excluding hydrogens is 193 g/mol. The zero-order chi connectivity index (χ0) is 10.0. The number of carboxylic acids is 1. The summed E-state index contributed by atoms with van der Waals surface area (Å²) >= 11 is 1.13. The highest BCUT2D eigenvalue weighted by molar-refractivity contribution is 7.11. The standard InChI is InChI=1S/C8H10FNO2S/c1-4(8(11)12)7-10-5(2)6(3-9)13-7/h4H,3H2,1-2H3,(H,11,12). The van der Waals surface area contributed by atoms with Gasteiger partial charge in [-0.3, -0.25) is 4.79 Å². The van der Waals surface area contributed by atoms with Crippen LogP contribution in [0.3, 0.4) is 0 Å². The highest BCUT2D eigenvalue weighted by Gasteiger charge is 2.19. The van der Waals surface area contributed by atoms with Crippen LogP contribution in [-0.4, -0.2) is 16.1 Å². The monoisotopic (exact) mass is 203 g/mol. The molecule has 0 saturated carbocycles. The van der Waals surface area contributed by atoms with Crippen LogP contribution in [0.5, 0.6) is 0 Å². The van der Waals surface area contributed by atoms with Crippen molar-refractivity contribution in [3.8, 4) is 0 Å². The van der Waals surface area contributed by atoms with E-state index in [1.807, 2.05) is 0 Å². The first-order valence-corrected chi connectivity index (χ1v) is 4.63. The average molecular weight is 203 g/mol. The maximum Gasteiger partial charge on any atom is 0.313 e. The quantitative estimate of drug-likeness (QED) is 0.818. The Morgan fingerprint density at radius 1 is 1.77 bits per heavy atom. The minimum Gasteiger partial charge on any atom is -0.481 e. The number of hydrogen-bond acceptors (Lipinski definition) is 3. The first-order valence-electron chi connectivity index (χ1n) is 3.81. The van der Waals surface area contributed by atoms with E-state index < -0.39 is 18.6 Å². The Morgan fingerprint density at radius 3 is 2.77 bits per heavy atom. The first kappa shape index (κ1) is 10.1. The molecule has 0 aliphatic rings. The number of hydrogen-bond donors (Lipinski definition) is 1. The lowest BCUT2D eigenvalue weighted by Crippen LogP contribution is -2.06. The van der Waals surface area contributed by atoms with E-state index in [0.29, 0.717) is 15.6 Å². The van der Waals surface area contributed by atoms with Gasteiger partial charge in [-0.25, -0.2) is 9.37 Å². The van der Waals surface area contributed by atoms with Gasteiger partial charge in [-0.1, -0.05) is 0 Å². The van der Waals surface area contributed by atoms with E-state index in [1.165, 1.54) is 0 Å². The van der Waals surface area contributed by atoms with Crippen molar-refractivity contribution in [2.24, 2.45) is 0 Å². The molecule has 1 aromatic rings. The van der Waals surface area contributed by atoms with E-state index in [0.717, 1.165) is 11.3 Å². The van der Waals surface area contributed by atoms with Crippen molar-refractivity contribution in [3.63, 3.8) is 0 Å². The lowest BCUT2D eigenvalue weighted by Gasteiger charge is -1.98. The summed E-state index contributed by atoms with van der Waals surface area (Å²) < 4.78 is 12.3. The average Bonchev–Trinajstić information content (AvgIpc) is 2.45. The van der Waals surface area contributed by atoms with Gasteiger partial charge in [0.25, 0.3) is 0 Å². The fraction of sp³-hybridized carbons (Fsp3) is 0.500. The molecular formula is C8H10FNO2S. The summed E-state index contributed by atoms with van der Waals surface area (Å²) in [5.74, 6) is -1.58. The zero-order valence-electron chi connectivity index (χ0n) is 7.37. The molecule has 1 atom stereocenters. The van der Waals surface area contributed by atoms with Crippen molar-refractivity contribution in [2.45, 2.75) is 26.4 Å². The number of carboxylic acid groups (broad SMARTS) is 1. The van der Waals surface area contributed by atoms with Crippen molar-refractivity contribution in [1.29, 1.82) is 0 Å². The third-order valence-corrected chi connectivity index (χ3v) is 3.08. The minimum absolute atomic E-state index is 0.470. The smallest absolute Gasteiger partial charge is 0.313 e. The van der Waals surface area contributed by atoms with Gasteiger partial charge in [0.1, 0.15) is 17.6 Å². The number of aromatic nitrogens is 1. The van der Waals surface area contributed by atoms with Crippen LogP contribution >= 0.6 is 11.3 Å². The number of aliphatic carboxylic acids is 1. The summed E-state index contributed by atoms with van der Waals surface area (Å²) in [6.07, 6.45) is 0. The van der Waals surface area contributed by atoms with Crippen LogP contribution in [0.25, 0.3) is 0 Å². The highest BCUT2D eigenvalue weighted by Crippen LogP contribution is 2.25. The van der Waals surface area contributed by atoms with Gasteiger partial charge in [-0.15, -0.1) is 11.3 Å². The largest absolute Gasteiger partial charge is 0.481 e. The molecule has 1 rings (SSSR count). The van der Waals surface area contributed by atoms with Crippen molar-refractivity contribution >= 4 is 17.3 Å². The number of rotatable bonds is 3. The van der Waals surface area contributed by atoms with Crippen LogP contribution < -0.4 is 0 Å². The number of thiazole rings is 1. The van der Waals surface area contributed by atoms with E-state index in [4.69, 9.17) is 5.11 Å². The van der Waals surface area contributed by atoms with Gasteiger partial charge in [0.2, 0.25) is 0 Å². The van der Waals surface area contributed by atoms with E-state index >= 15 is 0 Å². The molecule has 1 N–H and O–H groups in total. The summed E-state index contributed by atoms with van der Waals surface area (Å²) in [6.45, 7) is 2.65. The van der Waals surface area contributed by atoms with Crippen LogP contribution in [0.2, 0.25) is 0 Å². The Labute approximate surface area is 79.2 Å². The minimum atomic E-state index is -0.931. The third kappa shape index (κ3) is 2.03. The van der Waals surface area contributed by atoms with Gasteiger partial charge < -0.3 is 5.11 Å². The molecule has 5 heteroatoms. The number of carbonyl (C=O) groups is 1. The van der Waals surface area contributed by atoms with Crippen molar-refractivity contribution in [2.75, 3.05) is 0 Å². The van der Waals surface area contributed by atoms with Crippen molar-refractivity contribution in [1.82, 2.24) is 4.98 Å². The third-order valence-electron chi connectivity index (χ3n) is 1.77. The Balaban J connectivity index is 2.96. The molecule has 0 aliphatic heterocycles. The lowest BCUT2D eigenvalue weighted by atomic mass is 10.2. The SMILES string of the molecule is Cc1nc(C(C)C(=O)O)sc1CF. The van der Waals surface area contributed by atoms with Crippen LogP contribution in [0.4, 0.5) is 4.39 Å². The molecule has 0 amide bonds. The lowest BCUT2D eigenvalue weighted by molar-refractivity contribution is -0.138. The second-order valence-corrected chi connectivity index (χ2v) is 3.87. The van der Waals surface area contributed by atoms with Crippen LogP contribution in [0, 0.1) is 6.92 Å². The fourth-order valence-corrected chi connectivity index (χ4v) is 1.83. The van der Waals surface area contributed by atoms with E-state index in [-0.39, 0.29) is 0 Å². The maximum atomic E-state index is 12.3.